The lowest BCUT2D eigenvalue weighted by atomic mass is 10.0. The molecule has 4 aromatic heterocycles. The monoisotopic (exact) mass is 1000 g/mol. The van der Waals surface area contributed by atoms with Crippen LogP contribution in [0.2, 0.25) is 0 Å². The van der Waals surface area contributed by atoms with Crippen LogP contribution in [-0.2, 0) is 44.5 Å². The van der Waals surface area contributed by atoms with E-state index in [1.165, 1.54) is 37.1 Å². The summed E-state index contributed by atoms with van der Waals surface area (Å²) < 4.78 is 48.4. The van der Waals surface area contributed by atoms with E-state index in [2.05, 4.69) is 53.3 Å². The Hall–Kier alpha value is -8.52. The highest BCUT2D eigenvalue weighted by Gasteiger charge is 2.16. The summed E-state index contributed by atoms with van der Waals surface area (Å²) in [5.74, 6) is -0.247. The molecule has 8 rings (SSSR count). The molecule has 0 aliphatic heterocycles. The van der Waals surface area contributed by atoms with E-state index < -0.39 is 31.7 Å². The van der Waals surface area contributed by atoms with Crippen molar-refractivity contribution in [3.63, 3.8) is 0 Å². The molecule has 0 atom stereocenters. The number of pyridine rings is 4. The van der Waals surface area contributed by atoms with Gasteiger partial charge in [0, 0.05) is 94.1 Å². The van der Waals surface area contributed by atoms with Gasteiger partial charge in [-0.3, -0.25) is 19.6 Å². The van der Waals surface area contributed by atoms with E-state index in [0.717, 1.165) is 44.8 Å². The first-order chi connectivity index (χ1) is 34.5. The molecule has 72 heavy (non-hydrogen) atoms. The lowest BCUT2D eigenvalue weighted by Gasteiger charge is -2.14. The van der Waals surface area contributed by atoms with Crippen LogP contribution < -0.4 is 32.7 Å². The Bertz CT molecular complexity index is 3380. The second-order valence-corrected chi connectivity index (χ2v) is 21.1. The van der Waals surface area contributed by atoms with Crippen molar-refractivity contribution in [1.82, 2.24) is 24.2 Å². The van der Waals surface area contributed by atoms with Crippen LogP contribution in [0.5, 0.6) is 0 Å². The quantitative estimate of drug-likeness (QED) is 0.0447. The predicted molar refractivity (Wildman–Crippen MR) is 284 cm³/mol. The molecule has 0 aliphatic rings. The molecule has 19 heteroatoms. The van der Waals surface area contributed by atoms with E-state index >= 15 is 0 Å². The highest BCUT2D eigenvalue weighted by atomic mass is 32.2. The van der Waals surface area contributed by atoms with Gasteiger partial charge < -0.3 is 32.7 Å². The number of nitrogens with one attached hydrogen (secondary N) is 4. The summed E-state index contributed by atoms with van der Waals surface area (Å²) in [6.07, 6.45) is 11.1. The van der Waals surface area contributed by atoms with Crippen LogP contribution in [0.1, 0.15) is 43.0 Å². The highest BCUT2D eigenvalue weighted by Crippen LogP contribution is 2.27. The number of hydrogen-bond donors (Lipinski definition) is 6. The summed E-state index contributed by atoms with van der Waals surface area (Å²) >= 11 is 0. The number of anilines is 6. The Morgan fingerprint density at radius 1 is 0.514 bits per heavy atom. The number of carbonyl (C=O) groups excluding carboxylic acids is 2. The molecular formula is C53H53N11O6S2. The number of rotatable bonds is 19. The molecule has 0 fully saturated rings. The number of benzene rings is 4. The fourth-order valence-electron chi connectivity index (χ4n) is 7.24. The molecule has 17 nitrogen and oxygen atoms in total. The van der Waals surface area contributed by atoms with Gasteiger partial charge >= 0.3 is 0 Å². The van der Waals surface area contributed by atoms with Crippen LogP contribution >= 0.6 is 0 Å². The number of amides is 2. The van der Waals surface area contributed by atoms with Crippen molar-refractivity contribution >= 4 is 66.1 Å². The van der Waals surface area contributed by atoms with E-state index in [0.29, 0.717) is 47.2 Å². The van der Waals surface area contributed by atoms with Crippen LogP contribution in [0, 0.1) is 0 Å². The second kappa shape index (κ2) is 23.4. The van der Waals surface area contributed by atoms with Crippen molar-refractivity contribution in [2.24, 2.45) is 11.5 Å². The second-order valence-electron chi connectivity index (χ2n) is 16.8. The van der Waals surface area contributed by atoms with Crippen molar-refractivity contribution in [3.05, 3.63) is 204 Å². The number of nitrogens with two attached hydrogens (primary N) is 2. The van der Waals surface area contributed by atoms with E-state index in [1.807, 2.05) is 60.7 Å². The Balaban J connectivity index is 0.000000212. The topological polar surface area (TPSA) is 257 Å². The highest BCUT2D eigenvalue weighted by molar-refractivity contribution is 7.89. The Morgan fingerprint density at radius 3 is 1.29 bits per heavy atom. The molecule has 0 aliphatic carbocycles. The molecule has 368 valence electrons. The normalized spacial score (nSPS) is 11.2. The molecule has 8 aromatic rings. The maximum Gasteiger partial charge on any atom is 0.252 e. The van der Waals surface area contributed by atoms with Gasteiger partial charge in [-0.05, 0) is 105 Å². The van der Waals surface area contributed by atoms with E-state index in [4.69, 9.17) is 11.5 Å². The summed E-state index contributed by atoms with van der Waals surface area (Å²) in [4.78, 5) is 40.7. The van der Waals surface area contributed by atoms with Gasteiger partial charge in [-0.15, -0.1) is 0 Å². The molecule has 8 N–H and O–H groups in total. The Labute approximate surface area is 418 Å². The molecule has 4 aromatic carbocycles. The largest absolute Gasteiger partial charge is 0.380 e. The summed E-state index contributed by atoms with van der Waals surface area (Å²) in [6.45, 7) is 0.945. The Kier molecular flexibility index (Phi) is 16.7. The SMILES string of the molecule is CN(C)S(=O)(=O)Cc1ccc(Nc2cc(NCc3cccc(-c4ccncc4)c3)c(C(N)=O)cn2)cc1.CS(=O)(=O)Cc1ccc(Nc2cc(NCc3cccc(-c4ccncc4)c3)c(C(N)=O)cn2)cc1. The summed E-state index contributed by atoms with van der Waals surface area (Å²) in [5.41, 5.74) is 22.0. The van der Waals surface area contributed by atoms with Crippen molar-refractivity contribution in [3.8, 4) is 22.3 Å². The summed E-state index contributed by atoms with van der Waals surface area (Å²) in [7, 11) is -3.43. The number of hydrogen-bond acceptors (Lipinski definition) is 14. The first-order valence-electron chi connectivity index (χ1n) is 22.3. The van der Waals surface area contributed by atoms with Crippen LogP contribution in [0.25, 0.3) is 22.3 Å². The van der Waals surface area contributed by atoms with Gasteiger partial charge in [0.05, 0.1) is 34.0 Å². The van der Waals surface area contributed by atoms with Gasteiger partial charge in [-0.1, -0.05) is 60.7 Å². The van der Waals surface area contributed by atoms with Crippen molar-refractivity contribution in [2.45, 2.75) is 24.6 Å². The third-order valence-corrected chi connectivity index (χ3v) is 13.6. The van der Waals surface area contributed by atoms with E-state index in [1.54, 1.807) is 85.5 Å². The number of primary amides is 2. The van der Waals surface area contributed by atoms with E-state index in [9.17, 15) is 26.4 Å². The molecular weight excluding hydrogens is 951 g/mol. The molecule has 0 unspecified atom stereocenters. The van der Waals surface area contributed by atoms with Crippen molar-refractivity contribution < 1.29 is 26.4 Å². The minimum Gasteiger partial charge on any atom is -0.380 e. The number of nitrogens with zero attached hydrogens (tertiary/aromatic N) is 5. The number of carbonyl (C=O) groups is 2. The summed E-state index contributed by atoms with van der Waals surface area (Å²) in [6, 6.07) is 41.5. The zero-order valence-corrected chi connectivity index (χ0v) is 41.3. The van der Waals surface area contributed by atoms with Gasteiger partial charge in [0.1, 0.15) is 11.6 Å². The van der Waals surface area contributed by atoms with Gasteiger partial charge in [-0.2, -0.15) is 0 Å². The summed E-state index contributed by atoms with van der Waals surface area (Å²) in [5, 5.41) is 12.9. The molecule has 0 saturated carbocycles. The smallest absolute Gasteiger partial charge is 0.252 e. The van der Waals surface area contributed by atoms with Crippen LogP contribution in [0.4, 0.5) is 34.4 Å². The van der Waals surface area contributed by atoms with Gasteiger partial charge in [0.2, 0.25) is 10.0 Å². The average molecular weight is 1000 g/mol. The van der Waals surface area contributed by atoms with Crippen LogP contribution in [-0.4, -0.2) is 73.2 Å². The third-order valence-electron chi connectivity index (χ3n) is 11.0. The average Bonchev–Trinajstić information content (AvgIpc) is 3.36. The molecule has 0 radical (unpaired) electrons. The molecule has 4 heterocycles. The minimum atomic E-state index is -3.34. The first-order valence-corrected chi connectivity index (χ1v) is 26.0. The fraction of sp³-hybridized carbons (Fsp3) is 0.132. The molecule has 2 amide bonds. The Morgan fingerprint density at radius 2 is 0.917 bits per heavy atom. The number of sulfone groups is 1. The zero-order valence-electron chi connectivity index (χ0n) is 39.7. The van der Waals surface area contributed by atoms with Crippen LogP contribution in [0.15, 0.2) is 171 Å². The fourth-order valence-corrected chi connectivity index (χ4v) is 8.91. The predicted octanol–water partition coefficient (Wildman–Crippen LogP) is 8.13. The van der Waals surface area contributed by atoms with Gasteiger partial charge in [-0.25, -0.2) is 31.1 Å². The zero-order chi connectivity index (χ0) is 51.3. The minimum absolute atomic E-state index is 0.0186. The number of aromatic nitrogens is 4. The number of sulfonamides is 1. The molecule has 0 saturated heterocycles. The first kappa shape index (κ1) is 51.3. The van der Waals surface area contributed by atoms with Gasteiger partial charge in [0.25, 0.3) is 11.8 Å². The maximum atomic E-state index is 12.1. The molecule has 0 bridgehead atoms. The van der Waals surface area contributed by atoms with Crippen molar-refractivity contribution in [1.29, 1.82) is 0 Å². The lowest BCUT2D eigenvalue weighted by Crippen LogP contribution is -2.23. The van der Waals surface area contributed by atoms with E-state index in [-0.39, 0.29) is 22.6 Å². The van der Waals surface area contributed by atoms with Crippen LogP contribution in [0.3, 0.4) is 0 Å². The maximum absolute atomic E-state index is 12.1. The standard InChI is InChI=1S/C27H28N6O3S.C26H25N5O3S/c1-33(2)37(35,36)18-19-6-8-23(9-7-19)32-26-15-25(24(17-31-26)27(28)34)30-16-20-4-3-5-22(14-20)21-10-12-29-13-11-21;1-35(33,34)17-18-5-7-22(8-6-18)31-25-14-24(23(16-30-25)26(27)32)29-15-19-3-2-4-21(13-19)20-9-11-28-12-10-20/h3-15,17H,16,18H2,1-2H3,(H2,28,34)(H2,30,31,32);2-14,16H,15,17H2,1H3,(H2,27,32)(H2,29,30,31). The van der Waals surface area contributed by atoms with Crippen molar-refractivity contribution in [2.75, 3.05) is 41.6 Å². The third kappa shape index (κ3) is 14.7. The lowest BCUT2D eigenvalue weighted by molar-refractivity contribution is 0.0992. The van der Waals surface area contributed by atoms with Gasteiger partial charge in [0.15, 0.2) is 9.84 Å². The molecule has 0 spiro atoms.